The first kappa shape index (κ1) is 41.6. The largest absolute Gasteiger partial charge is 0.465 e. The molecule has 11 nitrogen and oxygen atoms in total. The van der Waals surface area contributed by atoms with Crippen molar-refractivity contribution >= 4 is 35.3 Å². The van der Waals surface area contributed by atoms with E-state index in [-0.39, 0.29) is 45.9 Å². The van der Waals surface area contributed by atoms with Gasteiger partial charge in [0, 0.05) is 39.4 Å². The van der Waals surface area contributed by atoms with E-state index in [0.717, 1.165) is 64.5 Å². The summed E-state index contributed by atoms with van der Waals surface area (Å²) in [5.41, 5.74) is -0.608. The molecule has 0 atom stereocenters. The summed E-state index contributed by atoms with van der Waals surface area (Å²) in [7, 11) is 2.76. The first-order valence-electron chi connectivity index (χ1n) is 18.7. The number of unbranched alkanes of at least 4 members (excludes halogenated alkanes) is 2. The van der Waals surface area contributed by atoms with E-state index in [2.05, 4.69) is 84.0 Å². The molecule has 2 saturated heterocycles. The van der Waals surface area contributed by atoms with Crippen molar-refractivity contribution in [1.82, 2.24) is 24.8 Å². The van der Waals surface area contributed by atoms with E-state index in [0.29, 0.717) is 17.2 Å². The molecule has 2 aliphatic rings. The molecule has 50 heavy (non-hydrogen) atoms. The predicted molar refractivity (Wildman–Crippen MR) is 202 cm³/mol. The van der Waals surface area contributed by atoms with Gasteiger partial charge < -0.3 is 9.47 Å². The predicted octanol–water partition coefficient (Wildman–Crippen LogP) is 7.80. The fourth-order valence-electron chi connectivity index (χ4n) is 8.69. The zero-order valence-corrected chi connectivity index (χ0v) is 34.0. The fourth-order valence-corrected chi connectivity index (χ4v) is 8.69. The topological polar surface area (TPSA) is 122 Å². The second kappa shape index (κ2) is 15.8. The zero-order valence-electron chi connectivity index (χ0n) is 34.0. The molecule has 0 amide bonds. The Morgan fingerprint density at radius 3 is 1.24 bits per heavy atom. The first-order valence-corrected chi connectivity index (χ1v) is 18.7. The van der Waals surface area contributed by atoms with Gasteiger partial charge in [-0.25, -0.2) is 19.6 Å². The van der Waals surface area contributed by atoms with Crippen LogP contribution in [0, 0.1) is 11.8 Å². The van der Waals surface area contributed by atoms with Crippen molar-refractivity contribution < 1.29 is 19.1 Å². The maximum Gasteiger partial charge on any atom is 0.352 e. The van der Waals surface area contributed by atoms with Crippen molar-refractivity contribution in [3.05, 3.63) is 5.82 Å². The second-order valence-corrected chi connectivity index (χ2v) is 18.0. The standard InChI is InChI=1S/C39H67N7O4/c1-16-18-20-45-36(6,7)22-26(23-37(45,8)9)28(30(47)49-14)40-33-42-32(35(3,4)5)43-34(44-33)41-29(31(48)50-15)27-24-38(10,11)46(21-19-17-2)39(12,13)25-27/h26-27H,16-25H2,1-15H3/b40-28-,41-29-. The van der Waals surface area contributed by atoms with Crippen LogP contribution in [0.1, 0.15) is 147 Å². The minimum atomic E-state index is -0.499. The van der Waals surface area contributed by atoms with E-state index in [1.165, 1.54) is 14.2 Å². The van der Waals surface area contributed by atoms with E-state index in [1.807, 2.05) is 20.8 Å². The number of likely N-dealkylation sites (tertiary alicyclic amines) is 2. The third-order valence-electron chi connectivity index (χ3n) is 10.7. The van der Waals surface area contributed by atoms with Crippen LogP contribution in [0.3, 0.4) is 0 Å². The highest BCUT2D eigenvalue weighted by molar-refractivity contribution is 6.38. The van der Waals surface area contributed by atoms with Crippen molar-refractivity contribution in [2.75, 3.05) is 27.3 Å². The third-order valence-corrected chi connectivity index (χ3v) is 10.7. The molecular weight excluding hydrogens is 630 g/mol. The zero-order chi connectivity index (χ0) is 37.9. The summed E-state index contributed by atoms with van der Waals surface area (Å²) in [6.07, 6.45) is 7.37. The maximum absolute atomic E-state index is 13.5. The van der Waals surface area contributed by atoms with Crippen molar-refractivity contribution in [2.45, 2.75) is 169 Å². The smallest absolute Gasteiger partial charge is 0.352 e. The normalized spacial score (nSPS) is 22.0. The van der Waals surface area contributed by atoms with E-state index in [4.69, 9.17) is 29.4 Å². The first-order chi connectivity index (χ1) is 23.0. The van der Waals surface area contributed by atoms with Crippen molar-refractivity contribution in [2.24, 2.45) is 21.8 Å². The number of rotatable bonds is 12. The summed E-state index contributed by atoms with van der Waals surface area (Å²) in [5, 5.41) is 0. The molecule has 3 heterocycles. The third kappa shape index (κ3) is 9.75. The molecular formula is C39H67N7O4. The van der Waals surface area contributed by atoms with Crippen LogP contribution in [0.4, 0.5) is 11.9 Å². The Hall–Kier alpha value is -2.79. The van der Waals surface area contributed by atoms with Gasteiger partial charge in [-0.1, -0.05) is 47.5 Å². The summed E-state index contributed by atoms with van der Waals surface area (Å²) in [5.74, 6) is -0.745. The SMILES string of the molecule is CCCCN1C(C)(C)CC(/C(=N/c2nc(/N=C(\C(=O)OC)C3CC(C)(C)N(CCCC)C(C)(C)C3)nc(C(C)(C)C)n2)C(=O)OC)CC1(C)C. The van der Waals surface area contributed by atoms with Crippen LogP contribution in [0.5, 0.6) is 0 Å². The van der Waals surface area contributed by atoms with Crippen molar-refractivity contribution in [1.29, 1.82) is 0 Å². The number of hydrogen-bond donors (Lipinski definition) is 0. The Balaban J connectivity index is 2.16. The van der Waals surface area contributed by atoms with E-state index in [9.17, 15) is 9.59 Å². The summed E-state index contributed by atoms with van der Waals surface area (Å²) < 4.78 is 10.6. The molecule has 0 saturated carbocycles. The van der Waals surface area contributed by atoms with Crippen LogP contribution in [-0.2, 0) is 24.5 Å². The van der Waals surface area contributed by atoms with Gasteiger partial charge in [0.15, 0.2) is 0 Å². The quantitative estimate of drug-likeness (QED) is 0.159. The van der Waals surface area contributed by atoms with Crippen LogP contribution in [0.15, 0.2) is 9.98 Å². The molecule has 0 aliphatic carbocycles. The number of aliphatic imine (C=N–C) groups is 2. The monoisotopic (exact) mass is 698 g/mol. The van der Waals surface area contributed by atoms with Gasteiger partial charge in [0.2, 0.25) is 0 Å². The van der Waals surface area contributed by atoms with Crippen molar-refractivity contribution in [3.8, 4) is 0 Å². The molecule has 1 aromatic heterocycles. The Morgan fingerprint density at radius 1 is 0.660 bits per heavy atom. The van der Waals surface area contributed by atoms with Gasteiger partial charge in [-0.2, -0.15) is 15.0 Å². The second-order valence-electron chi connectivity index (χ2n) is 18.0. The average molecular weight is 698 g/mol. The highest BCUT2D eigenvalue weighted by Crippen LogP contribution is 2.44. The number of aromatic nitrogens is 3. The summed E-state index contributed by atoms with van der Waals surface area (Å²) in [6.45, 7) is 30.3. The van der Waals surface area contributed by atoms with E-state index in [1.54, 1.807) is 0 Å². The molecule has 11 heteroatoms. The lowest BCUT2D eigenvalue weighted by molar-refractivity contribution is -0.134. The van der Waals surface area contributed by atoms with Crippen LogP contribution >= 0.6 is 0 Å². The van der Waals surface area contributed by atoms with Gasteiger partial charge in [0.25, 0.3) is 11.9 Å². The highest BCUT2D eigenvalue weighted by atomic mass is 16.5. The Morgan fingerprint density at radius 2 is 0.980 bits per heavy atom. The molecule has 0 spiro atoms. The number of carbonyl (C=O) groups is 2. The molecule has 0 N–H and O–H groups in total. The lowest BCUT2D eigenvalue weighted by atomic mass is 9.71. The summed E-state index contributed by atoms with van der Waals surface area (Å²) in [4.78, 5) is 55.9. The van der Waals surface area contributed by atoms with Gasteiger partial charge >= 0.3 is 11.9 Å². The molecule has 0 unspecified atom stereocenters. The molecule has 3 rings (SSSR count). The molecule has 282 valence electrons. The van der Waals surface area contributed by atoms with Crippen LogP contribution in [0.2, 0.25) is 0 Å². The Kier molecular flexibility index (Phi) is 13.2. The minimum Gasteiger partial charge on any atom is -0.465 e. The molecule has 0 radical (unpaired) electrons. The number of carbonyl (C=O) groups excluding carboxylic acids is 2. The number of esters is 2. The van der Waals surface area contributed by atoms with E-state index < -0.39 is 17.4 Å². The molecule has 2 aliphatic heterocycles. The van der Waals surface area contributed by atoms with Gasteiger partial charge in [0.1, 0.15) is 17.2 Å². The lowest BCUT2D eigenvalue weighted by Gasteiger charge is -2.55. The number of piperidine rings is 2. The van der Waals surface area contributed by atoms with Crippen LogP contribution in [0.25, 0.3) is 0 Å². The fraction of sp³-hybridized carbons (Fsp3) is 0.821. The van der Waals surface area contributed by atoms with Gasteiger partial charge in [-0.05, 0) is 107 Å². The average Bonchev–Trinajstić information content (AvgIpc) is 2.99. The molecule has 0 bridgehead atoms. The molecule has 2 fully saturated rings. The minimum absolute atomic E-state index is 0.0763. The Labute approximate surface area is 302 Å². The van der Waals surface area contributed by atoms with Gasteiger partial charge in [-0.3, -0.25) is 9.80 Å². The van der Waals surface area contributed by atoms with E-state index >= 15 is 0 Å². The number of ether oxygens (including phenoxy) is 2. The van der Waals surface area contributed by atoms with Gasteiger partial charge in [-0.15, -0.1) is 0 Å². The maximum atomic E-state index is 13.5. The van der Waals surface area contributed by atoms with Crippen molar-refractivity contribution in [3.63, 3.8) is 0 Å². The van der Waals surface area contributed by atoms with Crippen LogP contribution < -0.4 is 0 Å². The number of nitrogens with zero attached hydrogens (tertiary/aromatic N) is 7. The van der Waals surface area contributed by atoms with Gasteiger partial charge in [0.05, 0.1) is 14.2 Å². The van der Waals surface area contributed by atoms with Crippen LogP contribution in [-0.4, -0.2) is 97.6 Å². The lowest BCUT2D eigenvalue weighted by Crippen LogP contribution is -2.62. The summed E-state index contributed by atoms with van der Waals surface area (Å²) in [6, 6.07) is 0. The molecule has 1 aromatic rings. The molecule has 0 aromatic carbocycles. The summed E-state index contributed by atoms with van der Waals surface area (Å²) >= 11 is 0. The number of hydrogen-bond acceptors (Lipinski definition) is 11. The number of methoxy groups -OCH3 is 2. The Bertz CT molecular complexity index is 1290. The highest BCUT2D eigenvalue weighted by Gasteiger charge is 2.49.